The number of halogens is 1. The molecule has 1 unspecified atom stereocenters. The van der Waals surface area contributed by atoms with Gasteiger partial charge in [-0.3, -0.25) is 4.99 Å². The van der Waals surface area contributed by atoms with Crippen LogP contribution in [0.2, 0.25) is 0 Å². The Morgan fingerprint density at radius 3 is 2.53 bits per heavy atom. The van der Waals surface area contributed by atoms with Crippen molar-refractivity contribution in [2.24, 2.45) is 10.9 Å². The second-order valence-electron chi connectivity index (χ2n) is 4.92. The fourth-order valence-electron chi connectivity index (χ4n) is 2.12. The van der Waals surface area contributed by atoms with Gasteiger partial charge in [-0.1, -0.05) is 26.7 Å². The summed E-state index contributed by atoms with van der Waals surface area (Å²) < 4.78 is 0. The van der Waals surface area contributed by atoms with Crippen molar-refractivity contribution in [2.75, 3.05) is 25.4 Å². The van der Waals surface area contributed by atoms with Crippen molar-refractivity contribution < 1.29 is 0 Å². The van der Waals surface area contributed by atoms with Crippen LogP contribution in [-0.2, 0) is 0 Å². The lowest BCUT2D eigenvalue weighted by Crippen LogP contribution is -2.40. The summed E-state index contributed by atoms with van der Waals surface area (Å²) in [5.41, 5.74) is 0. The van der Waals surface area contributed by atoms with Gasteiger partial charge in [-0.05, 0) is 31.4 Å². The molecule has 19 heavy (non-hydrogen) atoms. The van der Waals surface area contributed by atoms with E-state index in [2.05, 4.69) is 43.2 Å². The molecule has 1 saturated heterocycles. The predicted octanol–water partition coefficient (Wildman–Crippen LogP) is 3.49. The fourth-order valence-corrected chi connectivity index (χ4v) is 3.33. The van der Waals surface area contributed by atoms with Crippen molar-refractivity contribution in [1.29, 1.82) is 0 Å². The summed E-state index contributed by atoms with van der Waals surface area (Å²) >= 11 is 2.09. The average molecular weight is 399 g/mol. The molecule has 0 bridgehead atoms. The molecule has 5 heteroatoms. The SMILES string of the molecule is CCNC(=NCC(CC)CC)NCC1CCCS1.I. The van der Waals surface area contributed by atoms with Gasteiger partial charge in [0.2, 0.25) is 0 Å². The van der Waals surface area contributed by atoms with Crippen LogP contribution in [0.5, 0.6) is 0 Å². The summed E-state index contributed by atoms with van der Waals surface area (Å²) in [4.78, 5) is 4.70. The Labute approximate surface area is 140 Å². The van der Waals surface area contributed by atoms with Gasteiger partial charge >= 0.3 is 0 Å². The minimum atomic E-state index is 0. The summed E-state index contributed by atoms with van der Waals surface area (Å²) in [5.74, 6) is 3.05. The first-order valence-electron chi connectivity index (χ1n) is 7.43. The molecule has 1 aliphatic heterocycles. The highest BCUT2D eigenvalue weighted by atomic mass is 127. The zero-order valence-corrected chi connectivity index (χ0v) is 15.7. The fraction of sp³-hybridized carbons (Fsp3) is 0.929. The van der Waals surface area contributed by atoms with E-state index in [0.29, 0.717) is 0 Å². The first kappa shape index (κ1) is 19.4. The van der Waals surface area contributed by atoms with E-state index >= 15 is 0 Å². The van der Waals surface area contributed by atoms with Gasteiger partial charge in [-0.15, -0.1) is 24.0 Å². The van der Waals surface area contributed by atoms with Crippen molar-refractivity contribution in [3.05, 3.63) is 0 Å². The molecule has 2 N–H and O–H groups in total. The van der Waals surface area contributed by atoms with Crippen molar-refractivity contribution in [2.45, 2.75) is 51.7 Å². The summed E-state index contributed by atoms with van der Waals surface area (Å²) in [6, 6.07) is 0. The first-order chi connectivity index (χ1) is 8.80. The highest BCUT2D eigenvalue weighted by Crippen LogP contribution is 2.25. The lowest BCUT2D eigenvalue weighted by molar-refractivity contribution is 0.504. The van der Waals surface area contributed by atoms with Crippen LogP contribution in [0.1, 0.15) is 46.5 Å². The largest absolute Gasteiger partial charge is 0.357 e. The maximum Gasteiger partial charge on any atom is 0.191 e. The van der Waals surface area contributed by atoms with E-state index in [4.69, 9.17) is 4.99 Å². The van der Waals surface area contributed by atoms with E-state index < -0.39 is 0 Å². The lowest BCUT2D eigenvalue weighted by Gasteiger charge is -2.16. The minimum Gasteiger partial charge on any atom is -0.357 e. The Kier molecular flexibility index (Phi) is 12.3. The topological polar surface area (TPSA) is 36.4 Å². The second kappa shape index (κ2) is 12.1. The number of nitrogens with zero attached hydrogens (tertiary/aromatic N) is 1. The Hall–Kier alpha value is 0.350. The summed E-state index contributed by atoms with van der Waals surface area (Å²) in [7, 11) is 0. The molecule has 1 fully saturated rings. The van der Waals surface area contributed by atoms with Gasteiger partial charge in [0.05, 0.1) is 0 Å². The summed E-state index contributed by atoms with van der Waals surface area (Å²) in [5, 5.41) is 7.60. The maximum atomic E-state index is 4.70. The number of guanidine groups is 1. The summed E-state index contributed by atoms with van der Waals surface area (Å²) in [6.45, 7) is 9.56. The van der Waals surface area contributed by atoms with Gasteiger partial charge in [0.25, 0.3) is 0 Å². The molecule has 1 aliphatic rings. The van der Waals surface area contributed by atoms with E-state index in [1.54, 1.807) is 0 Å². The number of hydrogen-bond donors (Lipinski definition) is 2. The highest BCUT2D eigenvalue weighted by molar-refractivity contribution is 14.0. The van der Waals surface area contributed by atoms with Gasteiger partial charge in [-0.25, -0.2) is 0 Å². The number of rotatable bonds is 7. The molecule has 0 saturated carbocycles. The lowest BCUT2D eigenvalue weighted by atomic mass is 10.0. The first-order valence-corrected chi connectivity index (χ1v) is 8.48. The Bertz CT molecular complexity index is 239. The molecule has 1 rings (SSSR count). The van der Waals surface area contributed by atoms with Crippen molar-refractivity contribution in [3.8, 4) is 0 Å². The molecule has 0 spiro atoms. The Morgan fingerprint density at radius 1 is 1.26 bits per heavy atom. The van der Waals surface area contributed by atoms with Crippen LogP contribution in [-0.4, -0.2) is 36.6 Å². The smallest absolute Gasteiger partial charge is 0.191 e. The molecule has 3 nitrogen and oxygen atoms in total. The quantitative estimate of drug-likeness (QED) is 0.391. The van der Waals surface area contributed by atoms with E-state index in [1.165, 1.54) is 31.4 Å². The van der Waals surface area contributed by atoms with Crippen LogP contribution in [0.15, 0.2) is 4.99 Å². The van der Waals surface area contributed by atoms with Crippen LogP contribution < -0.4 is 10.6 Å². The number of aliphatic imine (C=N–C) groups is 1. The average Bonchev–Trinajstić information content (AvgIpc) is 2.90. The molecule has 1 heterocycles. The molecular weight excluding hydrogens is 369 g/mol. The van der Waals surface area contributed by atoms with Gasteiger partial charge in [-0.2, -0.15) is 11.8 Å². The predicted molar refractivity (Wildman–Crippen MR) is 98.9 cm³/mol. The Morgan fingerprint density at radius 2 is 2.00 bits per heavy atom. The van der Waals surface area contributed by atoms with E-state index in [9.17, 15) is 0 Å². The number of nitrogens with one attached hydrogen (secondary N) is 2. The minimum absolute atomic E-state index is 0. The molecular formula is C14H30IN3S. The third kappa shape index (κ3) is 8.27. The normalized spacial score (nSPS) is 19.4. The van der Waals surface area contributed by atoms with E-state index in [-0.39, 0.29) is 24.0 Å². The van der Waals surface area contributed by atoms with Crippen LogP contribution in [0.3, 0.4) is 0 Å². The molecule has 114 valence electrons. The van der Waals surface area contributed by atoms with Crippen molar-refractivity contribution in [3.63, 3.8) is 0 Å². The molecule has 0 radical (unpaired) electrons. The third-order valence-corrected chi connectivity index (χ3v) is 4.93. The Balaban J connectivity index is 0.00000324. The van der Waals surface area contributed by atoms with Crippen LogP contribution >= 0.6 is 35.7 Å². The number of thioether (sulfide) groups is 1. The zero-order valence-electron chi connectivity index (χ0n) is 12.6. The zero-order chi connectivity index (χ0) is 13.2. The molecule has 0 aromatic rings. The van der Waals surface area contributed by atoms with Crippen LogP contribution in [0.25, 0.3) is 0 Å². The molecule has 0 aromatic carbocycles. The van der Waals surface area contributed by atoms with Gasteiger partial charge < -0.3 is 10.6 Å². The molecule has 0 aromatic heterocycles. The van der Waals surface area contributed by atoms with Gasteiger partial charge in [0.15, 0.2) is 5.96 Å². The third-order valence-electron chi connectivity index (χ3n) is 3.53. The standard InChI is InChI=1S/C14H29N3S.HI/c1-4-12(5-2)10-16-14(15-6-3)17-11-13-8-7-9-18-13;/h12-13H,4-11H2,1-3H3,(H2,15,16,17);1H. The van der Waals surface area contributed by atoms with E-state index in [1.807, 2.05) is 0 Å². The van der Waals surface area contributed by atoms with Crippen molar-refractivity contribution >= 4 is 41.7 Å². The van der Waals surface area contributed by atoms with Crippen LogP contribution in [0, 0.1) is 5.92 Å². The van der Waals surface area contributed by atoms with Crippen LogP contribution in [0.4, 0.5) is 0 Å². The monoisotopic (exact) mass is 399 g/mol. The van der Waals surface area contributed by atoms with Gasteiger partial charge in [0, 0.05) is 24.9 Å². The highest BCUT2D eigenvalue weighted by Gasteiger charge is 2.15. The number of hydrogen-bond acceptors (Lipinski definition) is 2. The molecule has 0 amide bonds. The summed E-state index contributed by atoms with van der Waals surface area (Å²) in [6.07, 6.45) is 5.16. The van der Waals surface area contributed by atoms with E-state index in [0.717, 1.165) is 36.8 Å². The van der Waals surface area contributed by atoms with Crippen molar-refractivity contribution in [1.82, 2.24) is 10.6 Å². The maximum absolute atomic E-state index is 4.70. The van der Waals surface area contributed by atoms with Gasteiger partial charge in [0.1, 0.15) is 0 Å². The second-order valence-corrected chi connectivity index (χ2v) is 6.33. The molecule has 1 atom stereocenters. The molecule has 0 aliphatic carbocycles.